The van der Waals surface area contributed by atoms with Gasteiger partial charge in [0.1, 0.15) is 17.3 Å². The molecule has 0 amide bonds. The molecule has 1 aromatic carbocycles. The Kier molecular flexibility index (Phi) is 4.77. The standard InChI is InChI=1S/C15H17BrFNO/c1-3-13(18-4-2)15-8-7-14(19-15)11-9-10(16)5-6-12(11)17/h5-9,13,18H,3-4H2,1-2H3. The van der Waals surface area contributed by atoms with Crippen molar-refractivity contribution in [3.8, 4) is 11.3 Å². The Bertz CT molecular complexity index is 553. The van der Waals surface area contributed by atoms with E-state index in [9.17, 15) is 4.39 Å². The van der Waals surface area contributed by atoms with Gasteiger partial charge in [-0.05, 0) is 43.3 Å². The lowest BCUT2D eigenvalue weighted by molar-refractivity contribution is 0.416. The van der Waals surface area contributed by atoms with Crippen molar-refractivity contribution in [2.45, 2.75) is 26.3 Å². The summed E-state index contributed by atoms with van der Waals surface area (Å²) in [5, 5.41) is 3.34. The Morgan fingerprint density at radius 2 is 2.05 bits per heavy atom. The molecule has 0 fully saturated rings. The molecule has 0 aliphatic rings. The lowest BCUT2D eigenvalue weighted by atomic mass is 10.1. The highest BCUT2D eigenvalue weighted by Crippen LogP contribution is 2.30. The second kappa shape index (κ2) is 6.35. The van der Waals surface area contributed by atoms with Crippen molar-refractivity contribution >= 4 is 15.9 Å². The van der Waals surface area contributed by atoms with Crippen LogP contribution in [0.5, 0.6) is 0 Å². The van der Waals surface area contributed by atoms with Gasteiger partial charge < -0.3 is 9.73 Å². The maximum atomic E-state index is 13.8. The summed E-state index contributed by atoms with van der Waals surface area (Å²) >= 11 is 3.35. The van der Waals surface area contributed by atoms with Crippen LogP contribution in [0.25, 0.3) is 11.3 Å². The van der Waals surface area contributed by atoms with Crippen LogP contribution in [0.4, 0.5) is 4.39 Å². The van der Waals surface area contributed by atoms with E-state index in [4.69, 9.17) is 4.42 Å². The van der Waals surface area contributed by atoms with E-state index in [1.54, 1.807) is 12.1 Å². The van der Waals surface area contributed by atoms with Crippen LogP contribution in [0.1, 0.15) is 32.1 Å². The fourth-order valence-corrected chi connectivity index (χ4v) is 2.42. The van der Waals surface area contributed by atoms with Crippen molar-refractivity contribution in [2.75, 3.05) is 6.54 Å². The maximum absolute atomic E-state index is 13.8. The topological polar surface area (TPSA) is 25.2 Å². The molecule has 0 saturated carbocycles. The van der Waals surface area contributed by atoms with Crippen LogP contribution in [0, 0.1) is 5.82 Å². The molecule has 1 atom stereocenters. The Labute approximate surface area is 121 Å². The predicted octanol–water partition coefficient (Wildman–Crippen LogP) is 4.91. The molecular weight excluding hydrogens is 309 g/mol. The summed E-state index contributed by atoms with van der Waals surface area (Å²) in [4.78, 5) is 0. The van der Waals surface area contributed by atoms with Crippen molar-refractivity contribution in [1.29, 1.82) is 0 Å². The zero-order valence-corrected chi connectivity index (χ0v) is 12.6. The van der Waals surface area contributed by atoms with Gasteiger partial charge in [0.15, 0.2) is 0 Å². The number of halogens is 2. The van der Waals surface area contributed by atoms with Crippen LogP contribution in [-0.4, -0.2) is 6.54 Å². The highest BCUT2D eigenvalue weighted by Gasteiger charge is 2.15. The Balaban J connectivity index is 2.32. The Morgan fingerprint density at radius 3 is 2.74 bits per heavy atom. The van der Waals surface area contributed by atoms with Crippen LogP contribution in [0.3, 0.4) is 0 Å². The molecule has 0 radical (unpaired) electrons. The first-order chi connectivity index (χ1) is 9.15. The third kappa shape index (κ3) is 3.25. The molecule has 1 unspecified atom stereocenters. The zero-order chi connectivity index (χ0) is 13.8. The SMILES string of the molecule is CCNC(CC)c1ccc(-c2cc(Br)ccc2F)o1. The summed E-state index contributed by atoms with van der Waals surface area (Å²) in [5.41, 5.74) is 0.479. The molecular formula is C15H17BrFNO. The lowest BCUT2D eigenvalue weighted by Gasteiger charge is -2.12. The largest absolute Gasteiger partial charge is 0.459 e. The van der Waals surface area contributed by atoms with E-state index in [2.05, 4.69) is 35.1 Å². The van der Waals surface area contributed by atoms with Gasteiger partial charge in [-0.2, -0.15) is 0 Å². The fraction of sp³-hybridized carbons (Fsp3) is 0.333. The highest BCUT2D eigenvalue weighted by atomic mass is 79.9. The van der Waals surface area contributed by atoms with Crippen molar-refractivity contribution < 1.29 is 8.81 Å². The molecule has 0 aliphatic heterocycles. The zero-order valence-electron chi connectivity index (χ0n) is 11.0. The van der Waals surface area contributed by atoms with E-state index in [1.165, 1.54) is 6.07 Å². The van der Waals surface area contributed by atoms with Gasteiger partial charge >= 0.3 is 0 Å². The van der Waals surface area contributed by atoms with Crippen molar-refractivity contribution in [2.24, 2.45) is 0 Å². The highest BCUT2D eigenvalue weighted by molar-refractivity contribution is 9.10. The summed E-state index contributed by atoms with van der Waals surface area (Å²) in [6, 6.07) is 8.74. The summed E-state index contributed by atoms with van der Waals surface area (Å²) in [6.45, 7) is 5.02. The number of furan rings is 1. The second-order valence-electron chi connectivity index (χ2n) is 4.34. The summed E-state index contributed by atoms with van der Waals surface area (Å²) < 4.78 is 20.4. The van der Waals surface area contributed by atoms with E-state index < -0.39 is 0 Å². The number of hydrogen-bond donors (Lipinski definition) is 1. The third-order valence-electron chi connectivity index (χ3n) is 3.02. The van der Waals surface area contributed by atoms with Gasteiger partial charge in [-0.25, -0.2) is 4.39 Å². The van der Waals surface area contributed by atoms with E-state index in [1.807, 2.05) is 12.1 Å². The second-order valence-corrected chi connectivity index (χ2v) is 5.26. The summed E-state index contributed by atoms with van der Waals surface area (Å²) in [6.07, 6.45) is 0.932. The minimum absolute atomic E-state index is 0.175. The quantitative estimate of drug-likeness (QED) is 0.845. The maximum Gasteiger partial charge on any atom is 0.137 e. The van der Waals surface area contributed by atoms with Crippen molar-refractivity contribution in [1.82, 2.24) is 5.32 Å². The third-order valence-corrected chi connectivity index (χ3v) is 3.52. The van der Waals surface area contributed by atoms with Crippen LogP contribution in [0.15, 0.2) is 39.2 Å². The Morgan fingerprint density at radius 1 is 1.26 bits per heavy atom. The molecule has 1 aromatic heterocycles. The fourth-order valence-electron chi connectivity index (χ4n) is 2.06. The molecule has 0 aliphatic carbocycles. The molecule has 2 aromatic rings. The van der Waals surface area contributed by atoms with E-state index in [-0.39, 0.29) is 11.9 Å². The first-order valence-electron chi connectivity index (χ1n) is 6.44. The minimum Gasteiger partial charge on any atom is -0.459 e. The van der Waals surface area contributed by atoms with Gasteiger partial charge in [-0.15, -0.1) is 0 Å². The molecule has 0 saturated heterocycles. The number of benzene rings is 1. The van der Waals surface area contributed by atoms with Gasteiger partial charge in [0.25, 0.3) is 0 Å². The molecule has 2 rings (SSSR count). The van der Waals surface area contributed by atoms with E-state index in [0.29, 0.717) is 11.3 Å². The molecule has 19 heavy (non-hydrogen) atoms. The van der Waals surface area contributed by atoms with Gasteiger partial charge in [0, 0.05) is 4.47 Å². The monoisotopic (exact) mass is 325 g/mol. The van der Waals surface area contributed by atoms with E-state index >= 15 is 0 Å². The van der Waals surface area contributed by atoms with Crippen LogP contribution < -0.4 is 5.32 Å². The number of rotatable bonds is 5. The van der Waals surface area contributed by atoms with Gasteiger partial charge in [-0.1, -0.05) is 29.8 Å². The van der Waals surface area contributed by atoms with Gasteiger partial charge in [0.2, 0.25) is 0 Å². The van der Waals surface area contributed by atoms with Gasteiger partial charge in [-0.3, -0.25) is 0 Å². The molecule has 2 nitrogen and oxygen atoms in total. The predicted molar refractivity (Wildman–Crippen MR) is 78.5 cm³/mol. The first kappa shape index (κ1) is 14.3. The van der Waals surface area contributed by atoms with Crippen molar-refractivity contribution in [3.63, 3.8) is 0 Å². The smallest absolute Gasteiger partial charge is 0.137 e. The summed E-state index contributed by atoms with van der Waals surface area (Å²) in [5.74, 6) is 1.13. The Hall–Kier alpha value is -1.13. The average Bonchev–Trinajstić information content (AvgIpc) is 2.88. The van der Waals surface area contributed by atoms with E-state index in [0.717, 1.165) is 23.2 Å². The average molecular weight is 326 g/mol. The molecule has 1 N–H and O–H groups in total. The van der Waals surface area contributed by atoms with Crippen LogP contribution in [-0.2, 0) is 0 Å². The summed E-state index contributed by atoms with van der Waals surface area (Å²) in [7, 11) is 0. The first-order valence-corrected chi connectivity index (χ1v) is 7.23. The molecule has 0 spiro atoms. The van der Waals surface area contributed by atoms with Gasteiger partial charge in [0.05, 0.1) is 11.6 Å². The molecule has 4 heteroatoms. The number of hydrogen-bond acceptors (Lipinski definition) is 2. The molecule has 1 heterocycles. The molecule has 102 valence electrons. The minimum atomic E-state index is -0.277. The van der Waals surface area contributed by atoms with Crippen LogP contribution in [0.2, 0.25) is 0 Å². The lowest BCUT2D eigenvalue weighted by Crippen LogP contribution is -2.19. The number of nitrogens with one attached hydrogen (secondary N) is 1. The van der Waals surface area contributed by atoms with Crippen molar-refractivity contribution in [3.05, 3.63) is 46.4 Å². The molecule has 0 bridgehead atoms. The normalized spacial score (nSPS) is 12.6. The van der Waals surface area contributed by atoms with Crippen LogP contribution >= 0.6 is 15.9 Å².